The molecule has 0 bridgehead atoms. The van der Waals surface area contributed by atoms with Crippen LogP contribution in [0.3, 0.4) is 0 Å². The molecule has 0 aromatic carbocycles. The van der Waals surface area contributed by atoms with E-state index in [1.807, 2.05) is 6.08 Å². The molecule has 0 unspecified atom stereocenters. The van der Waals surface area contributed by atoms with E-state index in [1.165, 1.54) is 0 Å². The summed E-state index contributed by atoms with van der Waals surface area (Å²) in [6, 6.07) is 0. The minimum atomic E-state index is 0. The van der Waals surface area contributed by atoms with E-state index in [0.717, 1.165) is 70.7 Å². The van der Waals surface area contributed by atoms with Crippen molar-refractivity contribution in [1.82, 2.24) is 30.3 Å². The van der Waals surface area contributed by atoms with E-state index < -0.39 is 0 Å². The molecule has 1 saturated heterocycles. The zero-order valence-corrected chi connectivity index (χ0v) is 17.3. The van der Waals surface area contributed by atoms with Crippen LogP contribution in [-0.2, 0) is 17.7 Å². The number of morpholine rings is 1. The molecule has 1 aromatic heterocycles. The summed E-state index contributed by atoms with van der Waals surface area (Å²) in [5.74, 6) is 1.82. The number of ether oxygens (including phenoxy) is 1. The summed E-state index contributed by atoms with van der Waals surface area (Å²) in [5.41, 5.74) is 0. The average molecular weight is 463 g/mol. The van der Waals surface area contributed by atoms with Crippen LogP contribution in [-0.4, -0.2) is 78.1 Å². The normalized spacial score (nSPS) is 15.5. The highest BCUT2D eigenvalue weighted by Crippen LogP contribution is 1.96. The van der Waals surface area contributed by atoms with E-state index in [2.05, 4.69) is 48.8 Å². The number of hydrogen-bond acceptors (Lipinski definition) is 5. The minimum absolute atomic E-state index is 0. The summed E-state index contributed by atoms with van der Waals surface area (Å²) in [6.07, 6.45) is 4.48. The van der Waals surface area contributed by atoms with E-state index in [9.17, 15) is 0 Å². The Morgan fingerprint density at radius 1 is 1.36 bits per heavy atom. The van der Waals surface area contributed by atoms with Crippen molar-refractivity contribution in [3.8, 4) is 0 Å². The van der Waals surface area contributed by atoms with E-state index in [4.69, 9.17) is 4.74 Å². The first-order valence-corrected chi connectivity index (χ1v) is 8.63. The highest BCUT2D eigenvalue weighted by Gasteiger charge is 2.09. The van der Waals surface area contributed by atoms with Crippen LogP contribution in [0.25, 0.3) is 0 Å². The van der Waals surface area contributed by atoms with Gasteiger partial charge in [0.15, 0.2) is 5.96 Å². The molecule has 1 fully saturated rings. The van der Waals surface area contributed by atoms with Gasteiger partial charge in [0, 0.05) is 45.7 Å². The Labute approximate surface area is 167 Å². The predicted octanol–water partition coefficient (Wildman–Crippen LogP) is 0.512. The van der Waals surface area contributed by atoms with Crippen LogP contribution in [0.2, 0.25) is 0 Å². The lowest BCUT2D eigenvalue weighted by Crippen LogP contribution is -2.41. The van der Waals surface area contributed by atoms with Crippen LogP contribution in [0.15, 0.2) is 24.0 Å². The molecule has 25 heavy (non-hydrogen) atoms. The third-order valence-corrected chi connectivity index (χ3v) is 3.86. The summed E-state index contributed by atoms with van der Waals surface area (Å²) >= 11 is 0. The molecule has 0 atom stereocenters. The van der Waals surface area contributed by atoms with E-state index in [0.29, 0.717) is 6.54 Å². The second-order valence-electron chi connectivity index (χ2n) is 5.57. The van der Waals surface area contributed by atoms with Gasteiger partial charge in [-0.25, -0.2) is 0 Å². The number of nitrogens with one attached hydrogen (secondary N) is 2. The van der Waals surface area contributed by atoms with Crippen LogP contribution in [0, 0.1) is 0 Å². The van der Waals surface area contributed by atoms with Gasteiger partial charge in [-0.15, -0.1) is 40.8 Å². The molecule has 0 radical (unpaired) electrons. The molecule has 8 nitrogen and oxygen atoms in total. The van der Waals surface area contributed by atoms with E-state index in [-0.39, 0.29) is 24.0 Å². The first kappa shape index (κ1) is 21.8. The minimum Gasteiger partial charge on any atom is -0.379 e. The first-order chi connectivity index (χ1) is 11.8. The first-order valence-electron chi connectivity index (χ1n) is 8.63. The molecule has 2 N–H and O–H groups in total. The van der Waals surface area contributed by atoms with Crippen molar-refractivity contribution in [2.24, 2.45) is 4.99 Å². The molecule has 2 heterocycles. The van der Waals surface area contributed by atoms with E-state index >= 15 is 0 Å². The molecule has 0 amide bonds. The number of halogens is 1. The Morgan fingerprint density at radius 3 is 2.88 bits per heavy atom. The highest BCUT2D eigenvalue weighted by atomic mass is 127. The Kier molecular flexibility index (Phi) is 11.4. The molecule has 9 heteroatoms. The molecule has 0 saturated carbocycles. The number of guanidine groups is 1. The van der Waals surface area contributed by atoms with Crippen molar-refractivity contribution in [2.45, 2.75) is 19.9 Å². The van der Waals surface area contributed by atoms with Gasteiger partial charge in [0.05, 0.1) is 19.8 Å². The van der Waals surface area contributed by atoms with Crippen molar-refractivity contribution >= 4 is 29.9 Å². The van der Waals surface area contributed by atoms with Gasteiger partial charge in [0.2, 0.25) is 0 Å². The standard InChI is InChI=1S/C16H29N7O.HI/c1-3-5-17-16(18-6-8-22-10-12-24-13-11-22)19-7-9-23-14-20-21-15(23)4-2;/h3,14H,1,4-13H2,2H3,(H2,17,18,19);1H. The molecule has 1 aliphatic rings. The lowest BCUT2D eigenvalue weighted by molar-refractivity contribution is 0.0394. The van der Waals surface area contributed by atoms with Gasteiger partial charge in [0.1, 0.15) is 12.2 Å². The van der Waals surface area contributed by atoms with Crippen molar-refractivity contribution in [3.05, 3.63) is 24.8 Å². The third-order valence-electron chi connectivity index (χ3n) is 3.86. The maximum atomic E-state index is 5.36. The number of aromatic nitrogens is 3. The maximum absolute atomic E-state index is 5.36. The summed E-state index contributed by atoms with van der Waals surface area (Å²) in [7, 11) is 0. The van der Waals surface area contributed by atoms with Crippen LogP contribution >= 0.6 is 24.0 Å². The van der Waals surface area contributed by atoms with Crippen molar-refractivity contribution < 1.29 is 4.74 Å². The number of aryl methyl sites for hydroxylation is 1. The summed E-state index contributed by atoms with van der Waals surface area (Å²) in [6.45, 7) is 13.4. The predicted molar refractivity (Wildman–Crippen MR) is 111 cm³/mol. The second kappa shape index (κ2) is 13.1. The van der Waals surface area contributed by atoms with Crippen molar-refractivity contribution in [3.63, 3.8) is 0 Å². The van der Waals surface area contributed by atoms with Crippen LogP contribution in [0.4, 0.5) is 0 Å². The highest BCUT2D eigenvalue weighted by molar-refractivity contribution is 14.0. The number of hydrogen-bond donors (Lipinski definition) is 2. The van der Waals surface area contributed by atoms with E-state index in [1.54, 1.807) is 6.33 Å². The van der Waals surface area contributed by atoms with Gasteiger partial charge in [0.25, 0.3) is 0 Å². The Morgan fingerprint density at radius 2 is 2.16 bits per heavy atom. The van der Waals surface area contributed by atoms with Crippen LogP contribution < -0.4 is 10.6 Å². The molecule has 1 aromatic rings. The van der Waals surface area contributed by atoms with Gasteiger partial charge in [-0.1, -0.05) is 13.0 Å². The van der Waals surface area contributed by atoms with Crippen molar-refractivity contribution in [1.29, 1.82) is 0 Å². The Hall–Kier alpha value is -1.20. The zero-order valence-electron chi connectivity index (χ0n) is 15.0. The van der Waals surface area contributed by atoms with Gasteiger partial charge >= 0.3 is 0 Å². The molecular formula is C16H30IN7O. The Balaban J connectivity index is 0.00000312. The smallest absolute Gasteiger partial charge is 0.191 e. The lowest BCUT2D eigenvalue weighted by atomic mass is 10.4. The fourth-order valence-corrected chi connectivity index (χ4v) is 2.51. The summed E-state index contributed by atoms with van der Waals surface area (Å²) in [5, 5.41) is 14.7. The number of aliphatic imine (C=N–C) groups is 1. The number of nitrogens with zero attached hydrogens (tertiary/aromatic N) is 5. The number of rotatable bonds is 9. The van der Waals surface area contributed by atoms with Gasteiger partial charge in [-0.3, -0.25) is 9.89 Å². The molecule has 0 aliphatic carbocycles. The maximum Gasteiger partial charge on any atom is 0.191 e. The lowest BCUT2D eigenvalue weighted by Gasteiger charge is -2.25. The van der Waals surface area contributed by atoms with Gasteiger partial charge in [-0.05, 0) is 0 Å². The Bertz CT molecular complexity index is 514. The van der Waals surface area contributed by atoms with Crippen LogP contribution in [0.1, 0.15) is 12.7 Å². The molecule has 2 rings (SSSR count). The molecular weight excluding hydrogens is 433 g/mol. The summed E-state index contributed by atoms with van der Waals surface area (Å²) in [4.78, 5) is 7.02. The topological polar surface area (TPSA) is 79.6 Å². The van der Waals surface area contributed by atoms with Gasteiger partial charge in [-0.2, -0.15) is 0 Å². The van der Waals surface area contributed by atoms with Crippen LogP contribution in [0.5, 0.6) is 0 Å². The fourth-order valence-electron chi connectivity index (χ4n) is 2.51. The molecule has 142 valence electrons. The summed E-state index contributed by atoms with van der Waals surface area (Å²) < 4.78 is 7.42. The molecule has 1 aliphatic heterocycles. The van der Waals surface area contributed by atoms with Gasteiger partial charge < -0.3 is 19.9 Å². The third kappa shape index (κ3) is 8.15. The quantitative estimate of drug-likeness (QED) is 0.241. The monoisotopic (exact) mass is 463 g/mol. The largest absolute Gasteiger partial charge is 0.379 e. The average Bonchev–Trinajstić information content (AvgIpc) is 3.07. The molecule has 0 spiro atoms. The fraction of sp³-hybridized carbons (Fsp3) is 0.688. The zero-order chi connectivity index (χ0) is 17.0. The van der Waals surface area contributed by atoms with Crippen molar-refractivity contribution in [2.75, 3.05) is 52.5 Å². The second-order valence-corrected chi connectivity index (χ2v) is 5.57. The SMILES string of the molecule is C=CCNC(=NCCN1CCOCC1)NCCn1cnnc1CC.I.